The summed E-state index contributed by atoms with van der Waals surface area (Å²) in [5, 5.41) is 16.9. The second kappa shape index (κ2) is 2.21. The van der Waals surface area contributed by atoms with Crippen molar-refractivity contribution in [2.24, 2.45) is 0 Å². The van der Waals surface area contributed by atoms with Gasteiger partial charge in [0.1, 0.15) is 0 Å². The number of aromatic nitrogens is 1. The van der Waals surface area contributed by atoms with Crippen molar-refractivity contribution in [3.05, 3.63) is 17.1 Å². The van der Waals surface area contributed by atoms with Crippen LogP contribution in [0, 0.1) is 0 Å². The molecule has 1 heterocycles. The average molecular weight is 131 g/mol. The van der Waals surface area contributed by atoms with E-state index in [1.165, 1.54) is 6.20 Å². The van der Waals surface area contributed by atoms with Crippen LogP contribution in [0.25, 0.3) is 0 Å². The van der Waals surface area contributed by atoms with E-state index in [0.717, 1.165) is 11.5 Å². The monoisotopic (exact) mass is 131 g/mol. The van der Waals surface area contributed by atoms with Gasteiger partial charge in [-0.05, 0) is 17.6 Å². The lowest BCUT2D eigenvalue weighted by Gasteiger charge is -1.93. The second-order valence-corrected chi connectivity index (χ2v) is 2.15. The molecule has 0 saturated heterocycles. The molecule has 2 N–H and O–H groups in total. The van der Waals surface area contributed by atoms with Crippen LogP contribution in [0.15, 0.2) is 12.3 Å². The molecule has 0 saturated carbocycles. The summed E-state index contributed by atoms with van der Waals surface area (Å²) < 4.78 is 3.67. The van der Waals surface area contributed by atoms with Gasteiger partial charge in [-0.25, -0.2) is 4.37 Å². The molecule has 0 aliphatic heterocycles. The molecule has 0 aromatic carbocycles. The third-order valence-corrected chi connectivity index (χ3v) is 1.50. The molecule has 0 radical (unpaired) electrons. The zero-order chi connectivity index (χ0) is 5.98. The quantitative estimate of drug-likeness (QED) is 0.532. The molecular weight excluding hydrogens is 126 g/mol. The molecule has 0 amide bonds. The van der Waals surface area contributed by atoms with E-state index in [4.69, 9.17) is 10.2 Å². The van der Waals surface area contributed by atoms with Crippen LogP contribution in [-0.4, -0.2) is 14.6 Å². The van der Waals surface area contributed by atoms with Crippen LogP contribution in [0.5, 0.6) is 0 Å². The van der Waals surface area contributed by atoms with E-state index in [1.807, 2.05) is 0 Å². The van der Waals surface area contributed by atoms with Gasteiger partial charge in [-0.15, -0.1) is 0 Å². The number of rotatable bonds is 1. The van der Waals surface area contributed by atoms with E-state index in [-0.39, 0.29) is 0 Å². The van der Waals surface area contributed by atoms with Gasteiger partial charge in [-0.3, -0.25) is 0 Å². The first-order chi connectivity index (χ1) is 3.80. The predicted molar refractivity (Wildman–Crippen MR) is 29.3 cm³/mol. The first-order valence-electron chi connectivity index (χ1n) is 2.07. The van der Waals surface area contributed by atoms with Gasteiger partial charge < -0.3 is 10.2 Å². The normalized spacial score (nSPS) is 10.4. The summed E-state index contributed by atoms with van der Waals surface area (Å²) in [6.07, 6.45) is 0.168. The highest BCUT2D eigenvalue weighted by molar-refractivity contribution is 7.05. The topological polar surface area (TPSA) is 53.4 Å². The summed E-state index contributed by atoms with van der Waals surface area (Å²) in [6.45, 7) is 0. The van der Waals surface area contributed by atoms with Gasteiger partial charge in [0, 0.05) is 6.20 Å². The Morgan fingerprint density at radius 1 is 1.62 bits per heavy atom. The molecule has 4 heteroatoms. The van der Waals surface area contributed by atoms with Crippen molar-refractivity contribution >= 4 is 11.5 Å². The molecule has 0 atom stereocenters. The van der Waals surface area contributed by atoms with Gasteiger partial charge in [-0.1, -0.05) is 0 Å². The van der Waals surface area contributed by atoms with E-state index in [9.17, 15) is 0 Å². The molecule has 1 aromatic heterocycles. The summed E-state index contributed by atoms with van der Waals surface area (Å²) in [5.74, 6) is 0. The smallest absolute Gasteiger partial charge is 0.189 e. The average Bonchev–Trinajstić information content (AvgIpc) is 2.12. The Labute approximate surface area is 50.4 Å². The van der Waals surface area contributed by atoms with Gasteiger partial charge in [0.25, 0.3) is 0 Å². The Kier molecular flexibility index (Phi) is 1.57. The van der Waals surface area contributed by atoms with Crippen LogP contribution >= 0.6 is 11.5 Å². The van der Waals surface area contributed by atoms with Crippen molar-refractivity contribution in [2.45, 2.75) is 6.29 Å². The van der Waals surface area contributed by atoms with Gasteiger partial charge in [0.05, 0.1) is 4.88 Å². The highest BCUT2D eigenvalue weighted by Gasteiger charge is 2.01. The predicted octanol–water partition coefficient (Wildman–Crippen LogP) is 0.126. The number of nitrogens with zero attached hydrogens (tertiary/aromatic N) is 1. The Morgan fingerprint density at radius 2 is 2.38 bits per heavy atom. The molecule has 0 spiro atoms. The SMILES string of the molecule is OC(O)c1ccns1. The Balaban J connectivity index is 2.77. The van der Waals surface area contributed by atoms with Gasteiger partial charge >= 0.3 is 0 Å². The molecule has 1 aromatic rings. The maximum atomic E-state index is 8.44. The fourth-order valence-electron chi connectivity index (χ4n) is 0.359. The first-order valence-corrected chi connectivity index (χ1v) is 2.85. The van der Waals surface area contributed by atoms with Gasteiger partial charge in [0.15, 0.2) is 6.29 Å². The van der Waals surface area contributed by atoms with E-state index >= 15 is 0 Å². The molecule has 0 unspecified atom stereocenters. The van der Waals surface area contributed by atoms with Crippen LogP contribution in [0.4, 0.5) is 0 Å². The maximum absolute atomic E-state index is 8.44. The largest absolute Gasteiger partial charge is 0.364 e. The lowest BCUT2D eigenvalue weighted by molar-refractivity contribution is -0.0395. The summed E-state index contributed by atoms with van der Waals surface area (Å²) >= 11 is 1.08. The number of aliphatic hydroxyl groups is 2. The fourth-order valence-corrected chi connectivity index (χ4v) is 0.818. The van der Waals surface area contributed by atoms with Crippen LogP contribution in [0.2, 0.25) is 0 Å². The third kappa shape index (κ3) is 1.03. The lowest BCUT2D eigenvalue weighted by atomic mass is 10.5. The third-order valence-electron chi connectivity index (χ3n) is 0.712. The van der Waals surface area contributed by atoms with Crippen molar-refractivity contribution in [1.82, 2.24) is 4.37 Å². The minimum Gasteiger partial charge on any atom is -0.364 e. The molecule has 1 rings (SSSR count). The molecule has 3 nitrogen and oxygen atoms in total. The van der Waals surface area contributed by atoms with Crippen LogP contribution in [0.3, 0.4) is 0 Å². The van der Waals surface area contributed by atoms with E-state index < -0.39 is 6.29 Å². The summed E-state index contributed by atoms with van der Waals surface area (Å²) in [6, 6.07) is 1.56. The summed E-state index contributed by atoms with van der Waals surface area (Å²) in [5.41, 5.74) is 0. The van der Waals surface area contributed by atoms with Crippen molar-refractivity contribution in [3.8, 4) is 0 Å². The maximum Gasteiger partial charge on any atom is 0.189 e. The van der Waals surface area contributed by atoms with E-state index in [0.29, 0.717) is 4.88 Å². The summed E-state index contributed by atoms with van der Waals surface area (Å²) in [7, 11) is 0. The molecule has 0 bridgehead atoms. The second-order valence-electron chi connectivity index (χ2n) is 1.29. The highest BCUT2D eigenvalue weighted by Crippen LogP contribution is 2.11. The van der Waals surface area contributed by atoms with Gasteiger partial charge in [0.2, 0.25) is 0 Å². The zero-order valence-corrected chi connectivity index (χ0v) is 4.80. The van der Waals surface area contributed by atoms with E-state index in [2.05, 4.69) is 4.37 Å². The van der Waals surface area contributed by atoms with Crippen molar-refractivity contribution in [1.29, 1.82) is 0 Å². The number of hydrogen-bond acceptors (Lipinski definition) is 4. The van der Waals surface area contributed by atoms with E-state index in [1.54, 1.807) is 6.07 Å². The first kappa shape index (κ1) is 5.68. The Morgan fingerprint density at radius 3 is 2.62 bits per heavy atom. The summed E-state index contributed by atoms with van der Waals surface area (Å²) in [4.78, 5) is 0.477. The molecular formula is C4H5NO2S. The number of aliphatic hydroxyl groups excluding tert-OH is 1. The minimum absolute atomic E-state index is 0.477. The van der Waals surface area contributed by atoms with Gasteiger partial charge in [-0.2, -0.15) is 0 Å². The lowest BCUT2D eigenvalue weighted by Crippen LogP contribution is -1.88. The van der Waals surface area contributed by atoms with Crippen molar-refractivity contribution in [2.75, 3.05) is 0 Å². The molecule has 8 heavy (non-hydrogen) atoms. The fraction of sp³-hybridized carbons (Fsp3) is 0.250. The van der Waals surface area contributed by atoms with Crippen molar-refractivity contribution in [3.63, 3.8) is 0 Å². The molecule has 0 aliphatic carbocycles. The highest BCUT2D eigenvalue weighted by atomic mass is 32.1. The molecule has 0 aliphatic rings. The van der Waals surface area contributed by atoms with Crippen LogP contribution in [0.1, 0.15) is 11.2 Å². The Bertz CT molecular complexity index is 149. The minimum atomic E-state index is -1.36. The standard InChI is InChI=1S/C4H5NO2S/c6-4(7)3-1-2-5-8-3/h1-2,4,6-7H. The molecule has 44 valence electrons. The van der Waals surface area contributed by atoms with Crippen molar-refractivity contribution < 1.29 is 10.2 Å². The zero-order valence-electron chi connectivity index (χ0n) is 3.98. The Hall–Kier alpha value is -0.450. The number of hydrogen-bond donors (Lipinski definition) is 2. The molecule has 0 fully saturated rings. The van der Waals surface area contributed by atoms with Crippen LogP contribution < -0.4 is 0 Å². The van der Waals surface area contributed by atoms with Crippen LogP contribution in [-0.2, 0) is 0 Å².